The molecule has 0 aliphatic carbocycles. The minimum absolute atomic E-state index is 0.120. The number of nitrogens with zero attached hydrogens (tertiary/aromatic N) is 2. The molecule has 1 fully saturated rings. The number of morpholine rings is 1. The van der Waals surface area contributed by atoms with Crippen molar-refractivity contribution in [3.05, 3.63) is 81.1 Å². The maximum atomic E-state index is 13.0. The summed E-state index contributed by atoms with van der Waals surface area (Å²) in [5.74, 6) is -0.120. The summed E-state index contributed by atoms with van der Waals surface area (Å²) in [4.78, 5) is 27.6. The van der Waals surface area contributed by atoms with Crippen molar-refractivity contribution in [1.82, 2.24) is 9.47 Å². The molecule has 1 aliphatic heterocycles. The molecule has 2 heterocycles. The van der Waals surface area contributed by atoms with Crippen molar-refractivity contribution < 1.29 is 9.53 Å². The fourth-order valence-electron chi connectivity index (χ4n) is 3.38. The number of halogens is 1. The Morgan fingerprint density at radius 1 is 1.04 bits per heavy atom. The van der Waals surface area contributed by atoms with Crippen molar-refractivity contribution in [3.63, 3.8) is 0 Å². The van der Waals surface area contributed by atoms with E-state index in [1.54, 1.807) is 21.6 Å². The highest BCUT2D eigenvalue weighted by molar-refractivity contribution is 6.30. The first-order valence-electron chi connectivity index (χ1n) is 8.87. The van der Waals surface area contributed by atoms with Crippen LogP contribution in [0.15, 0.2) is 59.4 Å². The Morgan fingerprint density at radius 2 is 1.74 bits per heavy atom. The van der Waals surface area contributed by atoms with Crippen LogP contribution in [-0.2, 0) is 11.3 Å². The van der Waals surface area contributed by atoms with Crippen LogP contribution >= 0.6 is 11.6 Å². The fraction of sp³-hybridized carbons (Fsp3) is 0.238. The van der Waals surface area contributed by atoms with Gasteiger partial charge in [-0.05, 0) is 23.8 Å². The predicted molar refractivity (Wildman–Crippen MR) is 105 cm³/mol. The smallest absolute Gasteiger partial charge is 0.254 e. The number of hydrogen-bond acceptors (Lipinski definition) is 3. The number of ether oxygens (including phenoxy) is 1. The molecule has 0 unspecified atom stereocenters. The average molecular weight is 383 g/mol. The summed E-state index contributed by atoms with van der Waals surface area (Å²) < 4.78 is 7.01. The molecule has 3 aromatic rings. The summed E-state index contributed by atoms with van der Waals surface area (Å²) in [6.07, 6.45) is 0. The lowest BCUT2D eigenvalue weighted by Gasteiger charge is -2.27. The molecule has 0 saturated carbocycles. The zero-order valence-electron chi connectivity index (χ0n) is 14.7. The number of pyridine rings is 1. The first-order chi connectivity index (χ1) is 13.1. The number of carbonyl (C=O) groups excluding carboxylic acids is 1. The van der Waals surface area contributed by atoms with Gasteiger partial charge in [0, 0.05) is 29.6 Å². The molecule has 27 heavy (non-hydrogen) atoms. The topological polar surface area (TPSA) is 51.5 Å². The molecular formula is C21H19ClN2O3. The Labute approximate surface area is 161 Å². The Morgan fingerprint density at radius 3 is 2.48 bits per heavy atom. The van der Waals surface area contributed by atoms with Crippen molar-refractivity contribution >= 4 is 28.4 Å². The van der Waals surface area contributed by atoms with Gasteiger partial charge >= 0.3 is 0 Å². The van der Waals surface area contributed by atoms with E-state index in [-0.39, 0.29) is 11.5 Å². The lowest BCUT2D eigenvalue weighted by Crippen LogP contribution is -2.41. The maximum Gasteiger partial charge on any atom is 0.254 e. The number of hydrogen-bond donors (Lipinski definition) is 0. The molecule has 1 saturated heterocycles. The first-order valence-corrected chi connectivity index (χ1v) is 9.25. The Kier molecular flexibility index (Phi) is 4.97. The highest BCUT2D eigenvalue weighted by Crippen LogP contribution is 2.20. The third-order valence-electron chi connectivity index (χ3n) is 4.80. The molecule has 4 rings (SSSR count). The van der Waals surface area contributed by atoms with Gasteiger partial charge in [0.15, 0.2) is 0 Å². The molecule has 0 bridgehead atoms. The van der Waals surface area contributed by atoms with E-state index in [9.17, 15) is 9.59 Å². The second-order valence-corrected chi connectivity index (χ2v) is 6.97. The standard InChI is InChI=1S/C21H19ClN2O3/c22-16-7-5-15(6-8-16)14-24-19-4-2-1-3-17(19)18(13-20(24)25)21(26)23-9-11-27-12-10-23/h1-8,13H,9-12,14H2. The number of para-hydroxylation sites is 1. The van der Waals surface area contributed by atoms with E-state index < -0.39 is 0 Å². The second kappa shape index (κ2) is 7.55. The molecule has 1 aromatic heterocycles. The van der Waals surface area contributed by atoms with E-state index in [2.05, 4.69) is 0 Å². The van der Waals surface area contributed by atoms with Gasteiger partial charge in [-0.2, -0.15) is 0 Å². The van der Waals surface area contributed by atoms with Crippen LogP contribution in [0.2, 0.25) is 5.02 Å². The van der Waals surface area contributed by atoms with E-state index in [0.717, 1.165) is 16.5 Å². The van der Waals surface area contributed by atoms with Crippen LogP contribution in [-0.4, -0.2) is 41.7 Å². The van der Waals surface area contributed by atoms with Crippen LogP contribution in [0.3, 0.4) is 0 Å². The summed E-state index contributed by atoms with van der Waals surface area (Å²) in [6, 6.07) is 16.4. The summed E-state index contributed by atoms with van der Waals surface area (Å²) in [7, 11) is 0. The molecule has 1 aliphatic rings. The predicted octanol–water partition coefficient (Wildman–Crippen LogP) is 3.18. The zero-order valence-corrected chi connectivity index (χ0v) is 15.5. The second-order valence-electron chi connectivity index (χ2n) is 6.53. The normalized spacial score (nSPS) is 14.5. The molecular weight excluding hydrogens is 364 g/mol. The molecule has 0 atom stereocenters. The van der Waals surface area contributed by atoms with Gasteiger partial charge in [0.1, 0.15) is 0 Å². The lowest BCUT2D eigenvalue weighted by molar-refractivity contribution is 0.0304. The molecule has 0 N–H and O–H groups in total. The van der Waals surface area contributed by atoms with Gasteiger partial charge in [-0.25, -0.2) is 0 Å². The molecule has 5 nitrogen and oxygen atoms in total. The molecule has 0 radical (unpaired) electrons. The maximum absolute atomic E-state index is 13.0. The Balaban J connectivity index is 1.78. The summed E-state index contributed by atoms with van der Waals surface area (Å²) in [5.41, 5.74) is 1.97. The molecule has 138 valence electrons. The Bertz CT molecular complexity index is 1040. The van der Waals surface area contributed by atoms with Crippen molar-refractivity contribution in [1.29, 1.82) is 0 Å². The van der Waals surface area contributed by atoms with E-state index in [0.29, 0.717) is 43.4 Å². The molecule has 0 spiro atoms. The van der Waals surface area contributed by atoms with E-state index >= 15 is 0 Å². The fourth-order valence-corrected chi connectivity index (χ4v) is 3.51. The molecule has 1 amide bonds. The minimum Gasteiger partial charge on any atom is -0.378 e. The number of carbonyl (C=O) groups is 1. The van der Waals surface area contributed by atoms with Gasteiger partial charge < -0.3 is 14.2 Å². The largest absolute Gasteiger partial charge is 0.378 e. The number of amides is 1. The molecule has 2 aromatic carbocycles. The van der Waals surface area contributed by atoms with Crippen LogP contribution < -0.4 is 5.56 Å². The van der Waals surface area contributed by atoms with Gasteiger partial charge in [0.25, 0.3) is 11.5 Å². The third kappa shape index (κ3) is 3.61. The van der Waals surface area contributed by atoms with Gasteiger partial charge in [-0.1, -0.05) is 41.9 Å². The Hall–Kier alpha value is -2.63. The van der Waals surface area contributed by atoms with Crippen LogP contribution in [0.5, 0.6) is 0 Å². The van der Waals surface area contributed by atoms with E-state index in [4.69, 9.17) is 16.3 Å². The van der Waals surface area contributed by atoms with Crippen LogP contribution in [0.25, 0.3) is 10.9 Å². The van der Waals surface area contributed by atoms with Gasteiger partial charge in [-0.3, -0.25) is 9.59 Å². The van der Waals surface area contributed by atoms with Crippen molar-refractivity contribution in [2.24, 2.45) is 0 Å². The summed E-state index contributed by atoms with van der Waals surface area (Å²) >= 11 is 5.95. The monoisotopic (exact) mass is 382 g/mol. The van der Waals surface area contributed by atoms with Gasteiger partial charge in [0.2, 0.25) is 0 Å². The van der Waals surface area contributed by atoms with Crippen molar-refractivity contribution in [2.45, 2.75) is 6.54 Å². The number of rotatable bonds is 3. The highest BCUT2D eigenvalue weighted by atomic mass is 35.5. The first kappa shape index (κ1) is 17.8. The molecule has 6 heteroatoms. The van der Waals surface area contributed by atoms with Crippen molar-refractivity contribution in [3.8, 4) is 0 Å². The summed E-state index contributed by atoms with van der Waals surface area (Å²) in [6.45, 7) is 2.55. The number of fused-ring (bicyclic) bond motifs is 1. The summed E-state index contributed by atoms with van der Waals surface area (Å²) in [5, 5.41) is 1.44. The third-order valence-corrected chi connectivity index (χ3v) is 5.05. The average Bonchev–Trinajstić information content (AvgIpc) is 2.71. The number of benzene rings is 2. The lowest BCUT2D eigenvalue weighted by atomic mass is 10.1. The quantitative estimate of drug-likeness (QED) is 0.699. The zero-order chi connectivity index (χ0) is 18.8. The van der Waals surface area contributed by atoms with Gasteiger partial charge in [0.05, 0.1) is 30.8 Å². The van der Waals surface area contributed by atoms with Crippen LogP contribution in [0, 0.1) is 0 Å². The van der Waals surface area contributed by atoms with Crippen molar-refractivity contribution in [2.75, 3.05) is 26.3 Å². The SMILES string of the molecule is O=C(c1cc(=O)n(Cc2ccc(Cl)cc2)c2ccccc12)N1CCOCC1. The van der Waals surface area contributed by atoms with E-state index in [1.165, 1.54) is 6.07 Å². The highest BCUT2D eigenvalue weighted by Gasteiger charge is 2.22. The van der Waals surface area contributed by atoms with E-state index in [1.807, 2.05) is 36.4 Å². The van der Waals surface area contributed by atoms with Crippen LogP contribution in [0.4, 0.5) is 0 Å². The van der Waals surface area contributed by atoms with Gasteiger partial charge in [-0.15, -0.1) is 0 Å². The number of aromatic nitrogens is 1. The van der Waals surface area contributed by atoms with Crippen LogP contribution in [0.1, 0.15) is 15.9 Å². The minimum atomic E-state index is -0.194.